The lowest BCUT2D eigenvalue weighted by molar-refractivity contribution is 0.480. The Morgan fingerprint density at radius 3 is 3.00 bits per heavy atom. The van der Waals surface area contributed by atoms with Crippen LogP contribution in [0.4, 0.5) is 0 Å². The molecule has 1 aliphatic carbocycles. The Morgan fingerprint density at radius 1 is 1.53 bits per heavy atom. The number of nitrogens with two attached hydrogens (primary N) is 1. The van der Waals surface area contributed by atoms with Crippen LogP contribution in [0.1, 0.15) is 29.7 Å². The summed E-state index contributed by atoms with van der Waals surface area (Å²) in [7, 11) is 0. The molecule has 15 heavy (non-hydrogen) atoms. The third kappa shape index (κ3) is 2.80. The fourth-order valence-electron chi connectivity index (χ4n) is 2.27. The molecule has 1 aromatic heterocycles. The van der Waals surface area contributed by atoms with Crippen molar-refractivity contribution in [3.63, 3.8) is 0 Å². The van der Waals surface area contributed by atoms with Gasteiger partial charge in [0.05, 0.1) is 0 Å². The van der Waals surface area contributed by atoms with E-state index in [1.165, 1.54) is 29.7 Å². The Kier molecular flexibility index (Phi) is 3.78. The minimum Gasteiger partial charge on any atom is -0.326 e. The van der Waals surface area contributed by atoms with E-state index in [-0.39, 0.29) is 0 Å². The van der Waals surface area contributed by atoms with Crippen molar-refractivity contribution in [3.8, 4) is 0 Å². The summed E-state index contributed by atoms with van der Waals surface area (Å²) in [5.41, 5.74) is 7.44. The van der Waals surface area contributed by atoms with Crippen molar-refractivity contribution in [1.29, 1.82) is 0 Å². The summed E-state index contributed by atoms with van der Waals surface area (Å²) in [5.74, 6) is 0. The van der Waals surface area contributed by atoms with E-state index in [1.54, 1.807) is 0 Å². The van der Waals surface area contributed by atoms with Gasteiger partial charge in [-0.1, -0.05) is 6.42 Å². The van der Waals surface area contributed by atoms with Gasteiger partial charge in [-0.3, -0.25) is 0 Å². The molecule has 2 unspecified atom stereocenters. The summed E-state index contributed by atoms with van der Waals surface area (Å²) in [6, 6.07) is 3.14. The molecule has 84 valence electrons. The van der Waals surface area contributed by atoms with E-state index in [9.17, 15) is 0 Å². The smallest absolute Gasteiger partial charge is 0.0219 e. The van der Waals surface area contributed by atoms with Crippen molar-refractivity contribution in [2.24, 2.45) is 5.73 Å². The van der Waals surface area contributed by atoms with Gasteiger partial charge in [0.25, 0.3) is 0 Å². The first-order valence-electron chi connectivity index (χ1n) is 5.79. The number of hydrogen-bond acceptors (Lipinski definition) is 3. The first kappa shape index (κ1) is 11.1. The Labute approximate surface area is 95.9 Å². The Balaban J connectivity index is 1.73. The van der Waals surface area contributed by atoms with Gasteiger partial charge in [-0.05, 0) is 43.2 Å². The number of rotatable bonds is 4. The molecule has 1 heterocycles. The summed E-state index contributed by atoms with van der Waals surface area (Å²) in [4.78, 5) is 1.51. The quantitative estimate of drug-likeness (QED) is 0.821. The topological polar surface area (TPSA) is 38.0 Å². The highest BCUT2D eigenvalue weighted by Gasteiger charge is 2.22. The zero-order valence-corrected chi connectivity index (χ0v) is 10.1. The van der Waals surface area contributed by atoms with E-state index in [4.69, 9.17) is 5.73 Å². The van der Waals surface area contributed by atoms with E-state index in [2.05, 4.69) is 23.7 Å². The SMILES string of the molecule is Cc1ccsc1CCNC1CCCC1N. The normalized spacial score (nSPS) is 26.0. The largest absolute Gasteiger partial charge is 0.326 e. The van der Waals surface area contributed by atoms with E-state index in [0.717, 1.165) is 13.0 Å². The van der Waals surface area contributed by atoms with Crippen molar-refractivity contribution >= 4 is 11.3 Å². The van der Waals surface area contributed by atoms with Gasteiger partial charge < -0.3 is 11.1 Å². The fraction of sp³-hybridized carbons (Fsp3) is 0.667. The van der Waals surface area contributed by atoms with Crippen LogP contribution < -0.4 is 11.1 Å². The van der Waals surface area contributed by atoms with Crippen LogP contribution in [0.5, 0.6) is 0 Å². The van der Waals surface area contributed by atoms with E-state index < -0.39 is 0 Å². The molecule has 0 amide bonds. The molecule has 0 radical (unpaired) electrons. The molecule has 3 heteroatoms. The van der Waals surface area contributed by atoms with Crippen LogP contribution in [-0.2, 0) is 6.42 Å². The molecule has 2 rings (SSSR count). The van der Waals surface area contributed by atoms with Crippen molar-refractivity contribution in [3.05, 3.63) is 21.9 Å². The van der Waals surface area contributed by atoms with Crippen LogP contribution in [0.2, 0.25) is 0 Å². The maximum atomic E-state index is 6.01. The first-order chi connectivity index (χ1) is 7.27. The van der Waals surface area contributed by atoms with Crippen molar-refractivity contribution < 1.29 is 0 Å². The minimum absolute atomic E-state index is 0.384. The lowest BCUT2D eigenvalue weighted by Gasteiger charge is -2.16. The predicted molar refractivity (Wildman–Crippen MR) is 66.4 cm³/mol. The van der Waals surface area contributed by atoms with Gasteiger partial charge >= 0.3 is 0 Å². The van der Waals surface area contributed by atoms with Gasteiger partial charge in [0.1, 0.15) is 0 Å². The molecule has 0 saturated heterocycles. The molecule has 0 bridgehead atoms. The first-order valence-corrected chi connectivity index (χ1v) is 6.67. The average Bonchev–Trinajstić information content (AvgIpc) is 2.78. The summed E-state index contributed by atoms with van der Waals surface area (Å²) in [6.07, 6.45) is 4.88. The molecular weight excluding hydrogens is 204 g/mol. The van der Waals surface area contributed by atoms with Crippen LogP contribution in [0.3, 0.4) is 0 Å². The van der Waals surface area contributed by atoms with Gasteiger partial charge in [0, 0.05) is 23.5 Å². The third-order valence-electron chi connectivity index (χ3n) is 3.30. The molecule has 1 aliphatic rings. The predicted octanol–water partition coefficient (Wildman–Crippen LogP) is 2.07. The molecule has 1 fully saturated rings. The maximum Gasteiger partial charge on any atom is 0.0219 e. The summed E-state index contributed by atoms with van der Waals surface area (Å²) in [6.45, 7) is 3.26. The average molecular weight is 224 g/mol. The van der Waals surface area contributed by atoms with E-state index in [1.807, 2.05) is 11.3 Å². The molecular formula is C12H20N2S. The van der Waals surface area contributed by atoms with Crippen LogP contribution in [0.15, 0.2) is 11.4 Å². The highest BCUT2D eigenvalue weighted by Crippen LogP contribution is 2.18. The standard InChI is InChI=1S/C12H20N2S/c1-9-6-8-15-12(9)5-7-14-11-4-2-3-10(11)13/h6,8,10-11,14H,2-5,7,13H2,1H3. The van der Waals surface area contributed by atoms with Gasteiger partial charge in [-0.2, -0.15) is 0 Å². The Bertz CT molecular complexity index is 308. The number of hydrogen-bond donors (Lipinski definition) is 2. The third-order valence-corrected chi connectivity index (χ3v) is 4.38. The Hall–Kier alpha value is -0.380. The van der Waals surface area contributed by atoms with Gasteiger partial charge in [0.2, 0.25) is 0 Å². The van der Waals surface area contributed by atoms with Crippen molar-refractivity contribution in [2.75, 3.05) is 6.54 Å². The summed E-state index contributed by atoms with van der Waals surface area (Å²) >= 11 is 1.86. The zero-order chi connectivity index (χ0) is 10.7. The maximum absolute atomic E-state index is 6.01. The number of thiophene rings is 1. The molecule has 0 aromatic carbocycles. The second kappa shape index (κ2) is 5.10. The lowest BCUT2D eigenvalue weighted by atomic mass is 10.2. The molecule has 0 spiro atoms. The molecule has 1 aromatic rings. The van der Waals surface area contributed by atoms with E-state index >= 15 is 0 Å². The molecule has 2 nitrogen and oxygen atoms in total. The van der Waals surface area contributed by atoms with Gasteiger partial charge in [-0.15, -0.1) is 11.3 Å². The van der Waals surface area contributed by atoms with Crippen molar-refractivity contribution in [2.45, 2.75) is 44.7 Å². The second-order valence-corrected chi connectivity index (χ2v) is 5.43. The summed E-state index contributed by atoms with van der Waals surface area (Å²) in [5, 5.41) is 5.75. The van der Waals surface area contributed by atoms with Gasteiger partial charge in [-0.25, -0.2) is 0 Å². The van der Waals surface area contributed by atoms with E-state index in [0.29, 0.717) is 12.1 Å². The molecule has 0 aliphatic heterocycles. The minimum atomic E-state index is 0.384. The zero-order valence-electron chi connectivity index (χ0n) is 9.33. The molecule has 1 saturated carbocycles. The highest BCUT2D eigenvalue weighted by molar-refractivity contribution is 7.10. The molecule has 2 atom stereocenters. The van der Waals surface area contributed by atoms with Crippen molar-refractivity contribution in [1.82, 2.24) is 5.32 Å². The fourth-order valence-corrected chi connectivity index (χ4v) is 3.18. The Morgan fingerprint density at radius 2 is 2.40 bits per heavy atom. The van der Waals surface area contributed by atoms with Crippen LogP contribution in [0.25, 0.3) is 0 Å². The second-order valence-electron chi connectivity index (χ2n) is 4.43. The van der Waals surface area contributed by atoms with Crippen LogP contribution in [0, 0.1) is 6.92 Å². The van der Waals surface area contributed by atoms with Gasteiger partial charge in [0.15, 0.2) is 0 Å². The molecule has 3 N–H and O–H groups in total. The van der Waals surface area contributed by atoms with Crippen LogP contribution >= 0.6 is 11.3 Å². The monoisotopic (exact) mass is 224 g/mol. The van der Waals surface area contributed by atoms with Crippen LogP contribution in [-0.4, -0.2) is 18.6 Å². The lowest BCUT2D eigenvalue weighted by Crippen LogP contribution is -2.41. The highest BCUT2D eigenvalue weighted by atomic mass is 32.1. The number of aryl methyl sites for hydroxylation is 1. The number of nitrogens with one attached hydrogen (secondary N) is 1. The summed E-state index contributed by atoms with van der Waals surface area (Å²) < 4.78 is 0.